The molecule has 2 heterocycles. The molecule has 0 amide bonds. The molecule has 0 aliphatic rings. The number of hydrogen-bond donors (Lipinski definition) is 0. The van der Waals surface area contributed by atoms with E-state index in [0.717, 1.165) is 32.0 Å². The summed E-state index contributed by atoms with van der Waals surface area (Å²) in [5.74, 6) is 0.892. The second kappa shape index (κ2) is 7.56. The van der Waals surface area contributed by atoms with Crippen LogP contribution < -0.4 is 4.74 Å². The zero-order chi connectivity index (χ0) is 17.9. The molecule has 0 aliphatic heterocycles. The van der Waals surface area contributed by atoms with Crippen LogP contribution in [0.2, 0.25) is 0 Å². The fourth-order valence-corrected chi connectivity index (χ4v) is 4.90. The summed E-state index contributed by atoms with van der Waals surface area (Å²) in [7, 11) is 0. The summed E-state index contributed by atoms with van der Waals surface area (Å²) < 4.78 is 6.00. The minimum Gasteiger partial charge on any atom is -0.492 e. The number of aromatic nitrogens is 2. The first-order chi connectivity index (χ1) is 12.8. The minimum atomic E-state index is 0.618. The van der Waals surface area contributed by atoms with Crippen LogP contribution in [-0.2, 0) is 0 Å². The molecule has 0 radical (unpaired) electrons. The molecule has 0 fully saturated rings. The molecule has 0 atom stereocenters. The average molecular weight is 379 g/mol. The van der Waals surface area contributed by atoms with Gasteiger partial charge in [-0.15, -0.1) is 11.8 Å². The molecule has 0 bridgehead atoms. The summed E-state index contributed by atoms with van der Waals surface area (Å²) in [5.41, 5.74) is 1.96. The van der Waals surface area contributed by atoms with Crippen LogP contribution in [0.25, 0.3) is 21.8 Å². The largest absolute Gasteiger partial charge is 0.492 e. The third-order valence-corrected chi connectivity index (χ3v) is 6.12. The zero-order valence-electron chi connectivity index (χ0n) is 14.6. The lowest BCUT2D eigenvalue weighted by atomic mass is 10.2. The number of rotatable bonds is 5. The number of fused-ring (bicyclic) bond motifs is 2. The van der Waals surface area contributed by atoms with Crippen molar-refractivity contribution in [3.63, 3.8) is 0 Å². The predicted octanol–water partition coefficient (Wildman–Crippen LogP) is 6.05. The van der Waals surface area contributed by atoms with E-state index >= 15 is 0 Å². The fraction of sp³-hybridized carbons (Fsp3) is 0.143. The van der Waals surface area contributed by atoms with Crippen LogP contribution >= 0.6 is 23.5 Å². The van der Waals surface area contributed by atoms with E-state index in [4.69, 9.17) is 4.74 Å². The molecule has 0 spiro atoms. The van der Waals surface area contributed by atoms with Crippen molar-refractivity contribution in [2.24, 2.45) is 0 Å². The van der Waals surface area contributed by atoms with Gasteiger partial charge in [0.25, 0.3) is 0 Å². The number of nitrogens with zero attached hydrogens (tertiary/aromatic N) is 2. The Morgan fingerprint density at radius 2 is 1.46 bits per heavy atom. The van der Waals surface area contributed by atoms with Crippen LogP contribution in [0.5, 0.6) is 5.75 Å². The summed E-state index contributed by atoms with van der Waals surface area (Å²) in [6.07, 6.45) is 5.95. The predicted molar refractivity (Wildman–Crippen MR) is 111 cm³/mol. The van der Waals surface area contributed by atoms with Crippen molar-refractivity contribution in [2.45, 2.75) is 21.6 Å². The number of hydrogen-bond acceptors (Lipinski definition) is 5. The molecule has 2 aromatic heterocycles. The van der Waals surface area contributed by atoms with E-state index in [-0.39, 0.29) is 0 Å². The van der Waals surface area contributed by atoms with Crippen molar-refractivity contribution in [1.29, 1.82) is 0 Å². The Morgan fingerprint density at radius 1 is 0.846 bits per heavy atom. The number of para-hydroxylation sites is 2. The Kier molecular flexibility index (Phi) is 5.00. The molecule has 0 unspecified atom stereocenters. The molecule has 4 aromatic rings. The van der Waals surface area contributed by atoms with E-state index < -0.39 is 0 Å². The molecule has 26 heavy (non-hydrogen) atoms. The Hall–Kier alpha value is -2.24. The lowest BCUT2D eigenvalue weighted by Crippen LogP contribution is -1.96. The van der Waals surface area contributed by atoms with Crippen molar-refractivity contribution >= 4 is 45.3 Å². The summed E-state index contributed by atoms with van der Waals surface area (Å²) >= 11 is 3.41. The van der Waals surface area contributed by atoms with Crippen molar-refractivity contribution in [3.8, 4) is 5.75 Å². The summed E-state index contributed by atoms with van der Waals surface area (Å²) in [6, 6.07) is 16.3. The fourth-order valence-electron chi connectivity index (χ4n) is 2.96. The van der Waals surface area contributed by atoms with Gasteiger partial charge in [0.15, 0.2) is 0 Å². The quantitative estimate of drug-likeness (QED) is 0.395. The van der Waals surface area contributed by atoms with Gasteiger partial charge in [-0.2, -0.15) is 0 Å². The lowest BCUT2D eigenvalue weighted by Gasteiger charge is -2.14. The van der Waals surface area contributed by atoms with Gasteiger partial charge in [0.2, 0.25) is 0 Å². The third kappa shape index (κ3) is 3.13. The topological polar surface area (TPSA) is 35.0 Å². The Labute approximate surface area is 161 Å². The first-order valence-electron chi connectivity index (χ1n) is 8.42. The van der Waals surface area contributed by atoms with Crippen molar-refractivity contribution in [3.05, 3.63) is 60.9 Å². The van der Waals surface area contributed by atoms with Crippen molar-refractivity contribution in [1.82, 2.24) is 9.97 Å². The lowest BCUT2D eigenvalue weighted by molar-refractivity contribution is 0.336. The van der Waals surface area contributed by atoms with E-state index in [1.54, 1.807) is 23.5 Å². The summed E-state index contributed by atoms with van der Waals surface area (Å²) in [5, 5.41) is 2.22. The van der Waals surface area contributed by atoms with Gasteiger partial charge in [-0.25, -0.2) is 0 Å². The summed E-state index contributed by atoms with van der Waals surface area (Å²) in [6.45, 7) is 2.63. The molecule has 130 valence electrons. The van der Waals surface area contributed by atoms with Crippen molar-refractivity contribution < 1.29 is 4.74 Å². The molecule has 3 nitrogen and oxygen atoms in total. The van der Waals surface area contributed by atoms with Gasteiger partial charge >= 0.3 is 0 Å². The van der Waals surface area contributed by atoms with Gasteiger partial charge in [0.1, 0.15) is 5.75 Å². The highest BCUT2D eigenvalue weighted by Gasteiger charge is 2.15. The molecular formula is C21H18N2OS2. The zero-order valence-corrected chi connectivity index (χ0v) is 16.2. The molecular weight excluding hydrogens is 360 g/mol. The SMILES string of the molecule is CCOc1c(Sc2cnc3ccccc3c2SC)cnc2ccccc12. The monoisotopic (exact) mass is 378 g/mol. The standard InChI is InChI=1S/C21H18N2OS2/c1-3-24-20-14-8-4-6-10-16(14)22-12-18(20)26-19-13-23-17-11-7-5-9-15(17)21(19)25-2/h4-13H,3H2,1-2H3. The van der Waals surface area contributed by atoms with Gasteiger partial charge in [-0.05, 0) is 31.4 Å². The molecule has 4 rings (SSSR count). The van der Waals surface area contributed by atoms with E-state index in [0.29, 0.717) is 6.61 Å². The maximum absolute atomic E-state index is 6.00. The van der Waals surface area contributed by atoms with Gasteiger partial charge < -0.3 is 4.74 Å². The third-order valence-electron chi connectivity index (χ3n) is 4.10. The number of thioether (sulfide) groups is 1. The highest BCUT2D eigenvalue weighted by molar-refractivity contribution is 8.02. The normalized spacial score (nSPS) is 11.2. The number of benzene rings is 2. The van der Waals surface area contributed by atoms with E-state index in [1.807, 2.05) is 49.6 Å². The molecule has 0 saturated carbocycles. The minimum absolute atomic E-state index is 0.618. The average Bonchev–Trinajstić information content (AvgIpc) is 2.69. The van der Waals surface area contributed by atoms with Crippen LogP contribution in [0.4, 0.5) is 0 Å². The van der Waals surface area contributed by atoms with Crippen LogP contribution in [0.15, 0.2) is 75.6 Å². The highest BCUT2D eigenvalue weighted by Crippen LogP contribution is 2.43. The molecule has 0 aliphatic carbocycles. The van der Waals surface area contributed by atoms with E-state index in [2.05, 4.69) is 34.4 Å². The van der Waals surface area contributed by atoms with Crippen LogP contribution in [-0.4, -0.2) is 22.8 Å². The van der Waals surface area contributed by atoms with Gasteiger partial charge in [0.05, 0.1) is 22.5 Å². The molecule has 0 saturated heterocycles. The van der Waals surface area contributed by atoms with Gasteiger partial charge in [-0.3, -0.25) is 9.97 Å². The van der Waals surface area contributed by atoms with Gasteiger partial charge in [0, 0.05) is 33.0 Å². The van der Waals surface area contributed by atoms with Crippen LogP contribution in [0.1, 0.15) is 6.92 Å². The Balaban J connectivity index is 1.85. The Bertz CT molecular complexity index is 1080. The maximum atomic E-state index is 6.00. The van der Waals surface area contributed by atoms with Crippen LogP contribution in [0.3, 0.4) is 0 Å². The highest BCUT2D eigenvalue weighted by atomic mass is 32.2. The van der Waals surface area contributed by atoms with E-state index in [9.17, 15) is 0 Å². The molecule has 5 heteroatoms. The van der Waals surface area contributed by atoms with Crippen LogP contribution in [0, 0.1) is 0 Å². The smallest absolute Gasteiger partial charge is 0.144 e. The molecule has 0 N–H and O–H groups in total. The van der Waals surface area contributed by atoms with Gasteiger partial charge in [-0.1, -0.05) is 42.1 Å². The molecule has 2 aromatic carbocycles. The number of pyridine rings is 2. The first-order valence-corrected chi connectivity index (χ1v) is 10.5. The maximum Gasteiger partial charge on any atom is 0.144 e. The second-order valence-electron chi connectivity index (χ2n) is 5.68. The van der Waals surface area contributed by atoms with Crippen molar-refractivity contribution in [2.75, 3.05) is 12.9 Å². The first kappa shape index (κ1) is 17.2. The second-order valence-corrected chi connectivity index (χ2v) is 7.58. The number of ether oxygens (including phenoxy) is 1. The van der Waals surface area contributed by atoms with E-state index in [1.165, 1.54) is 10.3 Å². The Morgan fingerprint density at radius 3 is 2.15 bits per heavy atom. The summed E-state index contributed by atoms with van der Waals surface area (Å²) in [4.78, 5) is 12.6.